The van der Waals surface area contributed by atoms with Crippen molar-refractivity contribution in [1.29, 1.82) is 0 Å². The van der Waals surface area contributed by atoms with Gasteiger partial charge in [-0.1, -0.05) is 13.8 Å². The number of hydrogen-bond donors (Lipinski definition) is 2. The lowest BCUT2D eigenvalue weighted by Gasteiger charge is -2.60. The van der Waals surface area contributed by atoms with E-state index in [1.807, 2.05) is 26.0 Å². The van der Waals surface area contributed by atoms with Crippen molar-refractivity contribution in [3.8, 4) is 0 Å². The number of aromatic nitrogens is 3. The van der Waals surface area contributed by atoms with Gasteiger partial charge in [0, 0.05) is 30.6 Å². The average Bonchev–Trinajstić information content (AvgIpc) is 3.44. The monoisotopic (exact) mass is 507 g/mol. The number of nitrogens with zero attached hydrogens (tertiary/aromatic N) is 3. The van der Waals surface area contributed by atoms with E-state index in [9.17, 15) is 14.0 Å². The summed E-state index contributed by atoms with van der Waals surface area (Å²) >= 11 is 0. The van der Waals surface area contributed by atoms with E-state index in [1.54, 1.807) is 24.2 Å². The number of pyridine rings is 1. The summed E-state index contributed by atoms with van der Waals surface area (Å²) in [6.45, 7) is 8.43. The minimum Gasteiger partial charge on any atom is -0.344 e. The molecule has 0 bridgehead atoms. The molecule has 3 saturated carbocycles. The van der Waals surface area contributed by atoms with Crippen LogP contribution in [0, 0.1) is 34.5 Å². The molecule has 4 aliphatic rings. The number of likely N-dealkylation sites (N-methyl/N-ethyl adjacent to an activating group) is 1. The van der Waals surface area contributed by atoms with Gasteiger partial charge in [0.05, 0.1) is 5.54 Å². The molecule has 0 spiro atoms. The maximum atomic E-state index is 14.7. The van der Waals surface area contributed by atoms with E-state index in [4.69, 9.17) is 0 Å². The molecular weight excluding hydrogens is 469 g/mol. The summed E-state index contributed by atoms with van der Waals surface area (Å²) in [6.07, 6.45) is 9.09. The molecule has 6 rings (SSSR count). The molecule has 37 heavy (non-hydrogen) atoms. The molecule has 3 aliphatic carbocycles. The third-order valence-corrected chi connectivity index (χ3v) is 10.8. The van der Waals surface area contributed by atoms with Crippen molar-refractivity contribution in [3.05, 3.63) is 36.1 Å². The third-order valence-electron chi connectivity index (χ3n) is 10.8. The van der Waals surface area contributed by atoms with Crippen LogP contribution in [0.2, 0.25) is 0 Å². The normalized spacial score (nSPS) is 37.6. The number of imidazole rings is 1. The molecular formula is C29H38FN5O2. The van der Waals surface area contributed by atoms with Crippen LogP contribution in [-0.4, -0.2) is 44.8 Å². The van der Waals surface area contributed by atoms with Gasteiger partial charge in [0.15, 0.2) is 11.5 Å². The molecule has 0 aromatic carbocycles. The van der Waals surface area contributed by atoms with Crippen molar-refractivity contribution < 1.29 is 14.0 Å². The molecule has 2 aromatic heterocycles. The molecule has 1 aliphatic heterocycles. The topological polar surface area (TPSA) is 91.0 Å². The van der Waals surface area contributed by atoms with Crippen molar-refractivity contribution in [2.45, 2.75) is 77.8 Å². The fourth-order valence-corrected chi connectivity index (χ4v) is 8.85. The van der Waals surface area contributed by atoms with Gasteiger partial charge in [0.25, 0.3) is 5.91 Å². The molecule has 0 unspecified atom stereocenters. The molecule has 7 nitrogen and oxygen atoms in total. The average molecular weight is 508 g/mol. The van der Waals surface area contributed by atoms with E-state index in [1.165, 1.54) is 0 Å². The van der Waals surface area contributed by atoms with Crippen LogP contribution in [0.4, 0.5) is 4.39 Å². The van der Waals surface area contributed by atoms with E-state index in [0.717, 1.165) is 49.7 Å². The smallest absolute Gasteiger partial charge is 0.282 e. The standard InChI is InChI=1S/C29H38FN5O2/c1-27(2,26-32-21-7-6-14-31-23(21)33-26)34-24(36)19-10-9-17-16-8-11-22-29(4,15-20(30)25(37)35(22)5)18(16)12-13-28(17,19)3/h6-7,14-19,22H,8-13H2,1-5H3,(H,34,36)(H,31,32,33)/t16-,17-,18-,19+,22+,28-,29+/m0/s1. The first-order valence-corrected chi connectivity index (χ1v) is 13.7. The Labute approximate surface area is 217 Å². The van der Waals surface area contributed by atoms with Crippen LogP contribution < -0.4 is 5.32 Å². The second-order valence-corrected chi connectivity index (χ2v) is 13.0. The van der Waals surface area contributed by atoms with E-state index in [0.29, 0.717) is 23.6 Å². The number of fused-ring (bicyclic) bond motifs is 6. The second-order valence-electron chi connectivity index (χ2n) is 13.0. The van der Waals surface area contributed by atoms with Gasteiger partial charge < -0.3 is 15.2 Å². The number of hydrogen-bond acceptors (Lipinski definition) is 4. The fraction of sp³-hybridized carbons (Fsp3) is 0.655. The SMILES string of the molecule is CN1C(=O)C(F)=C[C@]2(C)[C@H]3CC[C@]4(C)[C@@H](C(=O)NC(C)(C)c5nc6cccnc6[nH]5)CC[C@H]4[C@@H]3CC[C@@H]12. The Morgan fingerprint density at radius 1 is 1.19 bits per heavy atom. The zero-order valence-corrected chi connectivity index (χ0v) is 22.5. The Hall–Kier alpha value is -2.77. The molecule has 0 radical (unpaired) electrons. The molecule has 2 N–H and O–H groups in total. The van der Waals surface area contributed by atoms with Gasteiger partial charge in [-0.05, 0) is 93.7 Å². The van der Waals surface area contributed by atoms with Gasteiger partial charge in [-0.2, -0.15) is 0 Å². The lowest BCUT2D eigenvalue weighted by atomic mass is 9.47. The maximum absolute atomic E-state index is 14.7. The van der Waals surface area contributed by atoms with Crippen LogP contribution in [0.1, 0.15) is 72.0 Å². The number of rotatable bonds is 3. The van der Waals surface area contributed by atoms with Crippen molar-refractivity contribution in [2.24, 2.45) is 34.5 Å². The maximum Gasteiger partial charge on any atom is 0.282 e. The molecule has 8 heteroatoms. The van der Waals surface area contributed by atoms with Crippen LogP contribution in [-0.2, 0) is 15.1 Å². The highest BCUT2D eigenvalue weighted by molar-refractivity contribution is 5.92. The summed E-state index contributed by atoms with van der Waals surface area (Å²) in [5, 5.41) is 3.31. The van der Waals surface area contributed by atoms with Crippen LogP contribution in [0.5, 0.6) is 0 Å². The number of amides is 2. The Kier molecular flexibility index (Phi) is 5.38. The highest BCUT2D eigenvalue weighted by Crippen LogP contribution is 2.65. The van der Waals surface area contributed by atoms with Crippen molar-refractivity contribution in [2.75, 3.05) is 7.05 Å². The Morgan fingerprint density at radius 2 is 1.97 bits per heavy atom. The van der Waals surface area contributed by atoms with Crippen LogP contribution >= 0.6 is 0 Å². The first-order valence-electron chi connectivity index (χ1n) is 13.7. The summed E-state index contributed by atoms with van der Waals surface area (Å²) in [7, 11) is 1.75. The van der Waals surface area contributed by atoms with E-state index in [-0.39, 0.29) is 28.7 Å². The number of aromatic amines is 1. The van der Waals surface area contributed by atoms with Gasteiger partial charge >= 0.3 is 0 Å². The quantitative estimate of drug-likeness (QED) is 0.621. The predicted molar refractivity (Wildman–Crippen MR) is 139 cm³/mol. The molecule has 2 amide bonds. The summed E-state index contributed by atoms with van der Waals surface area (Å²) in [5.41, 5.74) is 0.412. The van der Waals surface area contributed by atoms with Gasteiger partial charge in [-0.15, -0.1) is 0 Å². The first-order chi connectivity index (χ1) is 17.5. The molecule has 2 aromatic rings. The summed E-state index contributed by atoms with van der Waals surface area (Å²) in [4.78, 5) is 40.1. The lowest BCUT2D eigenvalue weighted by Crippen LogP contribution is -2.60. The van der Waals surface area contributed by atoms with Crippen molar-refractivity contribution in [3.63, 3.8) is 0 Å². The van der Waals surface area contributed by atoms with Crippen molar-refractivity contribution in [1.82, 2.24) is 25.2 Å². The van der Waals surface area contributed by atoms with Crippen LogP contribution in [0.3, 0.4) is 0 Å². The number of H-pyrrole nitrogens is 1. The molecule has 3 fully saturated rings. The molecule has 0 saturated heterocycles. The Balaban J connectivity index is 1.23. The van der Waals surface area contributed by atoms with E-state index >= 15 is 0 Å². The first kappa shape index (κ1) is 24.6. The summed E-state index contributed by atoms with van der Waals surface area (Å²) in [6, 6.07) is 3.82. The molecule has 198 valence electrons. The predicted octanol–water partition coefficient (Wildman–Crippen LogP) is 4.86. The fourth-order valence-electron chi connectivity index (χ4n) is 8.85. The van der Waals surface area contributed by atoms with Crippen molar-refractivity contribution >= 4 is 23.0 Å². The largest absolute Gasteiger partial charge is 0.344 e. The zero-order valence-electron chi connectivity index (χ0n) is 22.5. The Bertz CT molecular complexity index is 1270. The van der Waals surface area contributed by atoms with E-state index in [2.05, 4.69) is 34.1 Å². The van der Waals surface area contributed by atoms with Crippen LogP contribution in [0.15, 0.2) is 30.2 Å². The number of halogens is 1. The highest BCUT2D eigenvalue weighted by Gasteiger charge is 2.62. The third kappa shape index (κ3) is 3.50. The molecule has 7 atom stereocenters. The summed E-state index contributed by atoms with van der Waals surface area (Å²) < 4.78 is 14.7. The van der Waals surface area contributed by atoms with Gasteiger partial charge in [-0.3, -0.25) is 9.59 Å². The zero-order chi connectivity index (χ0) is 26.3. The second kappa shape index (κ2) is 8.11. The minimum absolute atomic E-state index is 0.0460. The number of nitrogens with one attached hydrogen (secondary N) is 2. The van der Waals surface area contributed by atoms with Gasteiger partial charge in [-0.25, -0.2) is 14.4 Å². The van der Waals surface area contributed by atoms with Gasteiger partial charge in [0.2, 0.25) is 5.91 Å². The number of carbonyl (C=O) groups is 2. The van der Waals surface area contributed by atoms with Crippen LogP contribution in [0.25, 0.3) is 11.2 Å². The Morgan fingerprint density at radius 3 is 2.73 bits per heavy atom. The summed E-state index contributed by atoms with van der Waals surface area (Å²) in [5.74, 6) is 0.838. The number of carbonyl (C=O) groups excluding carboxylic acids is 2. The van der Waals surface area contributed by atoms with Gasteiger partial charge in [0.1, 0.15) is 11.3 Å². The van der Waals surface area contributed by atoms with E-state index < -0.39 is 17.3 Å². The molecule has 3 heterocycles. The highest BCUT2D eigenvalue weighted by atomic mass is 19.1. The minimum atomic E-state index is -0.656. The lowest BCUT2D eigenvalue weighted by molar-refractivity contribution is -0.145.